The zero-order valence-corrected chi connectivity index (χ0v) is 20.1. The first-order valence-corrected chi connectivity index (χ1v) is 10.9. The molecular weight excluding hydrogens is 548 g/mol. The Kier molecular flexibility index (Phi) is 7.29. The van der Waals surface area contributed by atoms with Crippen LogP contribution in [0.25, 0.3) is 11.3 Å². The maximum Gasteiger partial charge on any atom is 0.257 e. The first-order valence-electron chi connectivity index (χ1n) is 9.28. The summed E-state index contributed by atoms with van der Waals surface area (Å²) in [7, 11) is 0. The molecule has 1 aromatic heterocycles. The van der Waals surface area contributed by atoms with E-state index in [1.165, 1.54) is 36.3 Å². The van der Waals surface area contributed by atoms with Crippen LogP contribution in [0, 0.1) is 0 Å². The number of carbonyl (C=O) groups excluding carboxylic acids is 1. The van der Waals surface area contributed by atoms with Gasteiger partial charge in [0.25, 0.3) is 5.82 Å². The zero-order chi connectivity index (χ0) is 18.8. The van der Waals surface area contributed by atoms with Crippen LogP contribution in [0.2, 0.25) is 0 Å². The van der Waals surface area contributed by atoms with Crippen LogP contribution in [0.5, 0.6) is 0 Å². The lowest BCUT2D eigenvalue weighted by Gasteiger charge is -2.03. The Bertz CT molecular complexity index is 963. The van der Waals surface area contributed by atoms with Crippen molar-refractivity contribution >= 4 is 37.6 Å². The lowest BCUT2D eigenvalue weighted by molar-refractivity contribution is -0.690. The van der Waals surface area contributed by atoms with E-state index in [4.69, 9.17) is 0 Å². The molecule has 0 bridgehead atoms. The van der Waals surface area contributed by atoms with E-state index >= 15 is 0 Å². The maximum absolute atomic E-state index is 12.8. The third kappa shape index (κ3) is 4.66. The molecule has 6 heteroatoms. The van der Waals surface area contributed by atoms with Gasteiger partial charge in [0.1, 0.15) is 6.20 Å². The van der Waals surface area contributed by atoms with Crippen LogP contribution in [0.15, 0.2) is 63.7 Å². The van der Waals surface area contributed by atoms with Gasteiger partial charge in [0.2, 0.25) is 5.78 Å². The predicted octanol–water partition coefficient (Wildman–Crippen LogP) is 2.58. The second-order valence-corrected chi connectivity index (χ2v) is 8.79. The average molecular weight is 569 g/mol. The van der Waals surface area contributed by atoms with Crippen molar-refractivity contribution in [1.82, 2.24) is 4.57 Å². The molecule has 1 aliphatic heterocycles. The normalized spacial score (nSPS) is 13.4. The maximum atomic E-state index is 12.8. The van der Waals surface area contributed by atoms with E-state index in [0.717, 1.165) is 27.5 Å². The lowest BCUT2D eigenvalue weighted by atomic mass is 10.1. The summed E-state index contributed by atoms with van der Waals surface area (Å²) < 4.78 is 6.63. The number of hydrogen-bond acceptors (Lipinski definition) is 1. The fourth-order valence-electron chi connectivity index (χ4n) is 3.71. The highest BCUT2D eigenvalue weighted by Gasteiger charge is 2.27. The molecule has 0 saturated carbocycles. The number of halogens is 3. The molecule has 3 aromatic rings. The standard InChI is InChI=1S/C22H21Br2N2O.BrH/c23-18-9-5-16(6-10-18)20-14-25(22-4-2-1-3-13-26(20)22)15-21(27)17-7-11-19(24)12-8-17;/h5-12,14H,1-4,13,15H2;1H/q+1;/p-1. The quantitative estimate of drug-likeness (QED) is 0.351. The van der Waals surface area contributed by atoms with Crippen molar-refractivity contribution < 1.29 is 26.3 Å². The first-order chi connectivity index (χ1) is 13.1. The fraction of sp³-hybridized carbons (Fsp3) is 0.273. The van der Waals surface area contributed by atoms with E-state index in [1.807, 2.05) is 24.3 Å². The topological polar surface area (TPSA) is 25.9 Å². The third-order valence-electron chi connectivity index (χ3n) is 5.11. The number of hydrogen-bond donors (Lipinski definition) is 0. The predicted molar refractivity (Wildman–Crippen MR) is 114 cm³/mol. The summed E-state index contributed by atoms with van der Waals surface area (Å²) in [5.74, 6) is 1.41. The number of aromatic nitrogens is 2. The minimum Gasteiger partial charge on any atom is -1.00 e. The molecule has 0 fully saturated rings. The summed E-state index contributed by atoms with van der Waals surface area (Å²) in [4.78, 5) is 12.8. The van der Waals surface area contributed by atoms with Gasteiger partial charge in [-0.25, -0.2) is 9.13 Å². The molecule has 0 saturated heterocycles. The molecule has 0 spiro atoms. The van der Waals surface area contributed by atoms with Gasteiger partial charge < -0.3 is 17.0 Å². The Labute approximate surface area is 192 Å². The monoisotopic (exact) mass is 566 g/mol. The highest BCUT2D eigenvalue weighted by Crippen LogP contribution is 2.25. The number of carbonyl (C=O) groups is 1. The van der Waals surface area contributed by atoms with Gasteiger partial charge in [-0.15, -0.1) is 0 Å². The van der Waals surface area contributed by atoms with Crippen LogP contribution >= 0.6 is 31.9 Å². The number of fused-ring (bicyclic) bond motifs is 1. The highest BCUT2D eigenvalue weighted by molar-refractivity contribution is 9.10. The molecule has 2 heterocycles. The molecule has 1 aliphatic rings. The van der Waals surface area contributed by atoms with Crippen LogP contribution in [0.4, 0.5) is 0 Å². The summed E-state index contributed by atoms with van der Waals surface area (Å²) in [6, 6.07) is 16.0. The largest absolute Gasteiger partial charge is 1.00 e. The Balaban J connectivity index is 0.00000225. The summed E-state index contributed by atoms with van der Waals surface area (Å²) in [5.41, 5.74) is 3.14. The molecular formula is C22H21Br3N2O. The SMILES string of the molecule is O=C(C[n+]1cc(-c2ccc(Br)cc2)n2c1CCCCC2)c1ccc(Br)cc1.[Br-]. The van der Waals surface area contributed by atoms with Crippen molar-refractivity contribution in [3.8, 4) is 11.3 Å². The molecule has 4 rings (SSSR count). The molecule has 0 unspecified atom stereocenters. The van der Waals surface area contributed by atoms with Gasteiger partial charge in [0.05, 0.1) is 6.54 Å². The van der Waals surface area contributed by atoms with Gasteiger partial charge in [-0.05, 0) is 55.7 Å². The summed E-state index contributed by atoms with van der Waals surface area (Å²) >= 11 is 6.94. The van der Waals surface area contributed by atoms with Crippen LogP contribution in [-0.4, -0.2) is 10.4 Å². The van der Waals surface area contributed by atoms with Gasteiger partial charge in [-0.3, -0.25) is 4.79 Å². The van der Waals surface area contributed by atoms with E-state index in [0.29, 0.717) is 6.54 Å². The van der Waals surface area contributed by atoms with Crippen molar-refractivity contribution in [3.63, 3.8) is 0 Å². The molecule has 3 nitrogen and oxygen atoms in total. The number of benzene rings is 2. The second-order valence-electron chi connectivity index (χ2n) is 6.96. The van der Waals surface area contributed by atoms with Crippen molar-refractivity contribution in [3.05, 3.63) is 75.1 Å². The van der Waals surface area contributed by atoms with E-state index in [9.17, 15) is 4.79 Å². The lowest BCUT2D eigenvalue weighted by Crippen LogP contribution is -3.00. The Morgan fingerprint density at radius 3 is 2.25 bits per heavy atom. The molecule has 0 atom stereocenters. The molecule has 28 heavy (non-hydrogen) atoms. The van der Waals surface area contributed by atoms with Crippen molar-refractivity contribution in [1.29, 1.82) is 0 Å². The second kappa shape index (κ2) is 9.51. The van der Waals surface area contributed by atoms with Crippen LogP contribution < -0.4 is 21.5 Å². The summed E-state index contributed by atoms with van der Waals surface area (Å²) in [5, 5.41) is 0. The Hall–Kier alpha value is -1.24. The van der Waals surface area contributed by atoms with Gasteiger partial charge in [0.15, 0.2) is 12.2 Å². The van der Waals surface area contributed by atoms with Crippen LogP contribution in [0.3, 0.4) is 0 Å². The summed E-state index contributed by atoms with van der Waals surface area (Å²) in [6.07, 6.45) is 6.77. The zero-order valence-electron chi connectivity index (χ0n) is 15.4. The molecule has 0 amide bonds. The smallest absolute Gasteiger partial charge is 0.257 e. The van der Waals surface area contributed by atoms with E-state index in [1.54, 1.807) is 0 Å². The summed E-state index contributed by atoms with van der Waals surface area (Å²) in [6.45, 7) is 1.40. The number of imidazole rings is 1. The van der Waals surface area contributed by atoms with Gasteiger partial charge in [-0.1, -0.05) is 44.0 Å². The molecule has 2 aromatic carbocycles. The number of nitrogens with zero attached hydrogens (tertiary/aromatic N) is 2. The van der Waals surface area contributed by atoms with Crippen molar-refractivity contribution in [2.75, 3.05) is 0 Å². The fourth-order valence-corrected chi connectivity index (χ4v) is 4.24. The van der Waals surface area contributed by atoms with Crippen molar-refractivity contribution in [2.45, 2.75) is 38.8 Å². The Morgan fingerprint density at radius 2 is 1.57 bits per heavy atom. The highest BCUT2D eigenvalue weighted by atomic mass is 79.9. The van der Waals surface area contributed by atoms with Crippen molar-refractivity contribution in [2.24, 2.45) is 0 Å². The van der Waals surface area contributed by atoms with Crippen LogP contribution in [0.1, 0.15) is 35.4 Å². The van der Waals surface area contributed by atoms with E-state index in [-0.39, 0.29) is 22.8 Å². The van der Waals surface area contributed by atoms with Crippen LogP contribution in [-0.2, 0) is 19.5 Å². The molecule has 0 aliphatic carbocycles. The Morgan fingerprint density at radius 1 is 0.929 bits per heavy atom. The van der Waals surface area contributed by atoms with Gasteiger partial charge in [-0.2, -0.15) is 0 Å². The van der Waals surface area contributed by atoms with Gasteiger partial charge in [0, 0.05) is 26.5 Å². The molecule has 0 radical (unpaired) electrons. The van der Waals surface area contributed by atoms with E-state index in [2.05, 4.69) is 71.5 Å². The minimum absolute atomic E-state index is 0. The van der Waals surface area contributed by atoms with Gasteiger partial charge >= 0.3 is 0 Å². The number of ketones is 1. The molecule has 146 valence electrons. The minimum atomic E-state index is 0. The molecule has 0 N–H and O–H groups in total. The number of rotatable bonds is 4. The first kappa shape index (κ1) is 21.5. The number of Topliss-reactive ketones (excluding diaryl/α,β-unsaturated/α-hetero) is 1. The average Bonchev–Trinajstić information content (AvgIpc) is 2.84. The van der Waals surface area contributed by atoms with E-state index < -0.39 is 0 Å². The third-order valence-corrected chi connectivity index (χ3v) is 6.17.